The molecule has 0 heterocycles. The lowest BCUT2D eigenvalue weighted by atomic mass is 10.2. The highest BCUT2D eigenvalue weighted by Gasteiger charge is 2.10. The van der Waals surface area contributed by atoms with Crippen LogP contribution in [-0.2, 0) is 4.74 Å². The number of carboxylic acids is 1. The van der Waals surface area contributed by atoms with Crippen LogP contribution in [0.4, 0.5) is 5.69 Å². The number of rotatable bonds is 6. The van der Waals surface area contributed by atoms with E-state index in [1.165, 1.54) is 0 Å². The Kier molecular flexibility index (Phi) is 5.44. The standard InChI is InChI=1S/C12H16BrNO3/c1-3-9(7-17-2)14-11-5-4-8(12(15)16)6-10(11)13/h4-6,9,14H,3,7H2,1-2H3,(H,15,16). The largest absolute Gasteiger partial charge is 0.478 e. The molecular formula is C12H16BrNO3. The lowest BCUT2D eigenvalue weighted by Crippen LogP contribution is -2.24. The van der Waals surface area contributed by atoms with Crippen LogP contribution < -0.4 is 5.32 Å². The normalized spacial score (nSPS) is 12.2. The summed E-state index contributed by atoms with van der Waals surface area (Å²) >= 11 is 3.36. The summed E-state index contributed by atoms with van der Waals surface area (Å²) in [6.07, 6.45) is 0.932. The number of nitrogens with one attached hydrogen (secondary N) is 1. The topological polar surface area (TPSA) is 58.6 Å². The van der Waals surface area contributed by atoms with E-state index in [2.05, 4.69) is 28.2 Å². The fraction of sp³-hybridized carbons (Fsp3) is 0.417. The van der Waals surface area contributed by atoms with E-state index in [9.17, 15) is 4.79 Å². The van der Waals surface area contributed by atoms with E-state index in [1.54, 1.807) is 25.3 Å². The van der Waals surface area contributed by atoms with Gasteiger partial charge in [-0.3, -0.25) is 0 Å². The van der Waals surface area contributed by atoms with Gasteiger partial charge >= 0.3 is 5.97 Å². The second kappa shape index (κ2) is 6.61. The number of aromatic carboxylic acids is 1. The lowest BCUT2D eigenvalue weighted by molar-refractivity contribution is 0.0697. The number of hydrogen-bond acceptors (Lipinski definition) is 3. The predicted molar refractivity (Wildman–Crippen MR) is 70.7 cm³/mol. The quantitative estimate of drug-likeness (QED) is 0.848. The Labute approximate surface area is 109 Å². The van der Waals surface area contributed by atoms with E-state index < -0.39 is 5.97 Å². The van der Waals surface area contributed by atoms with Crippen LogP contribution in [0.2, 0.25) is 0 Å². The maximum Gasteiger partial charge on any atom is 0.335 e. The van der Waals surface area contributed by atoms with E-state index in [0.29, 0.717) is 6.61 Å². The summed E-state index contributed by atoms with van der Waals surface area (Å²) in [5, 5.41) is 12.2. The Morgan fingerprint density at radius 1 is 1.59 bits per heavy atom. The number of anilines is 1. The molecule has 4 nitrogen and oxygen atoms in total. The second-order valence-electron chi connectivity index (χ2n) is 3.70. The molecule has 1 aromatic carbocycles. The summed E-state index contributed by atoms with van der Waals surface area (Å²) < 4.78 is 5.84. The zero-order valence-electron chi connectivity index (χ0n) is 9.87. The zero-order chi connectivity index (χ0) is 12.8. The molecule has 0 saturated heterocycles. The average Bonchev–Trinajstić information content (AvgIpc) is 2.30. The summed E-state index contributed by atoms with van der Waals surface area (Å²) in [7, 11) is 1.66. The molecule has 1 rings (SSSR count). The van der Waals surface area contributed by atoms with Gasteiger partial charge in [0.25, 0.3) is 0 Å². The van der Waals surface area contributed by atoms with Crippen molar-refractivity contribution >= 4 is 27.6 Å². The second-order valence-corrected chi connectivity index (χ2v) is 4.56. The maximum absolute atomic E-state index is 10.8. The highest BCUT2D eigenvalue weighted by Crippen LogP contribution is 2.24. The Morgan fingerprint density at radius 2 is 2.29 bits per heavy atom. The Hall–Kier alpha value is -1.07. The third-order valence-corrected chi connectivity index (χ3v) is 3.09. The minimum Gasteiger partial charge on any atom is -0.478 e. The molecule has 0 aliphatic heterocycles. The van der Waals surface area contributed by atoms with Gasteiger partial charge in [0.1, 0.15) is 0 Å². The number of methoxy groups -OCH3 is 1. The van der Waals surface area contributed by atoms with E-state index in [0.717, 1.165) is 16.6 Å². The monoisotopic (exact) mass is 301 g/mol. The molecule has 0 amide bonds. The van der Waals surface area contributed by atoms with Crippen LogP contribution in [0.15, 0.2) is 22.7 Å². The highest BCUT2D eigenvalue weighted by molar-refractivity contribution is 9.10. The third kappa shape index (κ3) is 4.02. The number of ether oxygens (including phenoxy) is 1. The number of halogens is 1. The molecule has 0 fully saturated rings. The van der Waals surface area contributed by atoms with Crippen molar-refractivity contribution in [1.29, 1.82) is 0 Å². The number of carboxylic acid groups (broad SMARTS) is 1. The average molecular weight is 302 g/mol. The van der Waals surface area contributed by atoms with E-state index in [1.807, 2.05) is 0 Å². The molecule has 0 bridgehead atoms. The van der Waals surface area contributed by atoms with Crippen molar-refractivity contribution in [3.63, 3.8) is 0 Å². The van der Waals surface area contributed by atoms with Gasteiger partial charge in [-0.2, -0.15) is 0 Å². The fourth-order valence-corrected chi connectivity index (χ4v) is 1.94. The first-order valence-electron chi connectivity index (χ1n) is 5.36. The van der Waals surface area contributed by atoms with Gasteiger partial charge in [0.2, 0.25) is 0 Å². The zero-order valence-corrected chi connectivity index (χ0v) is 11.5. The maximum atomic E-state index is 10.8. The van der Waals surface area contributed by atoms with Gasteiger partial charge in [0.05, 0.1) is 12.2 Å². The first-order valence-corrected chi connectivity index (χ1v) is 6.16. The Morgan fingerprint density at radius 3 is 2.76 bits per heavy atom. The number of carbonyl (C=O) groups is 1. The molecule has 0 saturated carbocycles. The first-order chi connectivity index (χ1) is 8.08. The van der Waals surface area contributed by atoms with Gasteiger partial charge in [0, 0.05) is 23.3 Å². The van der Waals surface area contributed by atoms with Crippen LogP contribution >= 0.6 is 15.9 Å². The van der Waals surface area contributed by atoms with Crippen LogP contribution in [0, 0.1) is 0 Å². The molecule has 17 heavy (non-hydrogen) atoms. The van der Waals surface area contributed by atoms with Gasteiger partial charge in [-0.05, 0) is 40.5 Å². The summed E-state index contributed by atoms with van der Waals surface area (Å²) in [6.45, 7) is 2.68. The van der Waals surface area contributed by atoms with Crippen molar-refractivity contribution in [2.24, 2.45) is 0 Å². The summed E-state index contributed by atoms with van der Waals surface area (Å²) in [5.41, 5.74) is 1.14. The van der Waals surface area contributed by atoms with Crippen molar-refractivity contribution in [3.8, 4) is 0 Å². The van der Waals surface area contributed by atoms with Crippen LogP contribution in [0.5, 0.6) is 0 Å². The van der Waals surface area contributed by atoms with Crippen molar-refractivity contribution in [2.75, 3.05) is 19.0 Å². The first kappa shape index (κ1) is 14.0. The van der Waals surface area contributed by atoms with E-state index in [-0.39, 0.29) is 11.6 Å². The van der Waals surface area contributed by atoms with Gasteiger partial charge < -0.3 is 15.2 Å². The summed E-state index contributed by atoms with van der Waals surface area (Å²) in [4.78, 5) is 10.8. The number of hydrogen-bond donors (Lipinski definition) is 2. The molecule has 0 radical (unpaired) electrons. The van der Waals surface area contributed by atoms with Gasteiger partial charge in [0.15, 0.2) is 0 Å². The lowest BCUT2D eigenvalue weighted by Gasteiger charge is -2.18. The number of benzene rings is 1. The summed E-state index contributed by atoms with van der Waals surface area (Å²) in [6, 6.07) is 5.14. The van der Waals surface area contributed by atoms with Crippen molar-refractivity contribution in [3.05, 3.63) is 28.2 Å². The van der Waals surface area contributed by atoms with Crippen LogP contribution in [0.1, 0.15) is 23.7 Å². The molecular weight excluding hydrogens is 286 g/mol. The molecule has 5 heteroatoms. The predicted octanol–water partition coefficient (Wildman–Crippen LogP) is 2.98. The fourth-order valence-electron chi connectivity index (χ4n) is 1.45. The smallest absolute Gasteiger partial charge is 0.335 e. The van der Waals surface area contributed by atoms with Crippen LogP contribution in [0.3, 0.4) is 0 Å². The Balaban J connectivity index is 2.81. The van der Waals surface area contributed by atoms with Gasteiger partial charge in [-0.15, -0.1) is 0 Å². The van der Waals surface area contributed by atoms with Crippen molar-refractivity contribution in [1.82, 2.24) is 0 Å². The molecule has 1 aromatic rings. The third-order valence-electron chi connectivity index (χ3n) is 2.44. The molecule has 0 aromatic heterocycles. The van der Waals surface area contributed by atoms with Crippen molar-refractivity contribution < 1.29 is 14.6 Å². The molecule has 0 aliphatic rings. The minimum atomic E-state index is -0.929. The molecule has 2 N–H and O–H groups in total. The van der Waals surface area contributed by atoms with Gasteiger partial charge in [-0.25, -0.2) is 4.79 Å². The van der Waals surface area contributed by atoms with Gasteiger partial charge in [-0.1, -0.05) is 6.92 Å². The van der Waals surface area contributed by atoms with E-state index >= 15 is 0 Å². The highest BCUT2D eigenvalue weighted by atomic mass is 79.9. The van der Waals surface area contributed by atoms with Crippen molar-refractivity contribution in [2.45, 2.75) is 19.4 Å². The summed E-state index contributed by atoms with van der Waals surface area (Å²) in [5.74, 6) is -0.929. The molecule has 0 spiro atoms. The van der Waals surface area contributed by atoms with Crippen LogP contribution in [-0.4, -0.2) is 30.8 Å². The molecule has 1 atom stereocenters. The van der Waals surface area contributed by atoms with E-state index in [4.69, 9.17) is 9.84 Å². The molecule has 1 unspecified atom stereocenters. The molecule has 0 aliphatic carbocycles. The van der Waals surface area contributed by atoms with Crippen LogP contribution in [0.25, 0.3) is 0 Å². The molecule has 94 valence electrons. The Bertz CT molecular complexity index is 395. The minimum absolute atomic E-state index is 0.215. The SMILES string of the molecule is CCC(COC)Nc1ccc(C(=O)O)cc1Br.